The van der Waals surface area contributed by atoms with Gasteiger partial charge in [-0.05, 0) is 18.2 Å². The minimum Gasteiger partial charge on any atom is -0.507 e. The van der Waals surface area contributed by atoms with Crippen LogP contribution in [0.5, 0.6) is 5.75 Å². The Morgan fingerprint density at radius 2 is 2.15 bits per heavy atom. The number of aliphatic imine (C=N–C) groups is 1. The molecule has 68 valence electrons. The van der Waals surface area contributed by atoms with Gasteiger partial charge in [0.1, 0.15) is 5.75 Å². The average Bonchev–Trinajstić information content (AvgIpc) is 2.07. The van der Waals surface area contributed by atoms with E-state index in [1.165, 1.54) is 18.2 Å². The molecule has 1 aromatic rings. The molecule has 0 aromatic heterocycles. The molecule has 0 aliphatic carbocycles. The predicted molar refractivity (Wildman–Crippen MR) is 49.0 cm³/mol. The van der Waals surface area contributed by atoms with Crippen LogP contribution in [0.2, 0.25) is 0 Å². The molecule has 1 aromatic carbocycles. The lowest BCUT2D eigenvalue weighted by Crippen LogP contribution is -2.21. The summed E-state index contributed by atoms with van der Waals surface area (Å²) in [6.45, 7) is 0. The van der Waals surface area contributed by atoms with Crippen LogP contribution in [-0.4, -0.2) is 17.4 Å². The minimum absolute atomic E-state index is 0.0930. The molecule has 0 atom stereocenters. The van der Waals surface area contributed by atoms with E-state index in [1.54, 1.807) is 0 Å². The van der Waals surface area contributed by atoms with Gasteiger partial charge < -0.3 is 16.6 Å². The maximum absolute atomic E-state index is 10.4. The molecule has 0 fully saturated rings. The van der Waals surface area contributed by atoms with Crippen molar-refractivity contribution in [2.45, 2.75) is 0 Å². The lowest BCUT2D eigenvalue weighted by molar-refractivity contribution is 0.112. The number of rotatable bonds is 2. The lowest BCUT2D eigenvalue weighted by Gasteiger charge is -1.98. The molecular formula is C8H9N3O2. The molecule has 5 N–H and O–H groups in total. The van der Waals surface area contributed by atoms with Crippen LogP contribution in [0.15, 0.2) is 23.2 Å². The SMILES string of the molecule is NC(N)=Nc1ccc(O)c(C=O)c1. The first kappa shape index (κ1) is 9.05. The Kier molecular flexibility index (Phi) is 2.49. The number of hydrogen-bond donors (Lipinski definition) is 3. The third-order valence-corrected chi connectivity index (χ3v) is 1.40. The molecule has 0 aliphatic rings. The van der Waals surface area contributed by atoms with Gasteiger partial charge in [-0.2, -0.15) is 0 Å². The fourth-order valence-electron chi connectivity index (χ4n) is 0.855. The Morgan fingerprint density at radius 3 is 2.69 bits per heavy atom. The molecule has 1 rings (SSSR count). The summed E-state index contributed by atoms with van der Waals surface area (Å²) in [5, 5.41) is 9.13. The van der Waals surface area contributed by atoms with Gasteiger partial charge in [-0.3, -0.25) is 4.79 Å². The molecule has 0 radical (unpaired) electrons. The zero-order valence-electron chi connectivity index (χ0n) is 6.77. The van der Waals surface area contributed by atoms with E-state index in [0.29, 0.717) is 12.0 Å². The van der Waals surface area contributed by atoms with Crippen LogP contribution in [0, 0.1) is 0 Å². The lowest BCUT2D eigenvalue weighted by atomic mass is 10.2. The Morgan fingerprint density at radius 1 is 1.46 bits per heavy atom. The van der Waals surface area contributed by atoms with Crippen molar-refractivity contribution in [2.24, 2.45) is 16.5 Å². The van der Waals surface area contributed by atoms with Gasteiger partial charge in [0.25, 0.3) is 0 Å². The van der Waals surface area contributed by atoms with Gasteiger partial charge in [-0.15, -0.1) is 0 Å². The first-order valence-corrected chi connectivity index (χ1v) is 3.51. The fourth-order valence-corrected chi connectivity index (χ4v) is 0.855. The molecule has 5 heteroatoms. The van der Waals surface area contributed by atoms with Crippen LogP contribution in [0.25, 0.3) is 0 Å². The molecule has 0 spiro atoms. The number of aldehydes is 1. The van der Waals surface area contributed by atoms with Crippen molar-refractivity contribution in [1.82, 2.24) is 0 Å². The van der Waals surface area contributed by atoms with E-state index in [9.17, 15) is 4.79 Å². The van der Waals surface area contributed by atoms with Crippen molar-refractivity contribution in [3.63, 3.8) is 0 Å². The van der Waals surface area contributed by atoms with Gasteiger partial charge in [0.05, 0.1) is 11.3 Å². The van der Waals surface area contributed by atoms with E-state index in [-0.39, 0.29) is 17.3 Å². The maximum Gasteiger partial charge on any atom is 0.191 e. The van der Waals surface area contributed by atoms with Gasteiger partial charge in [0.15, 0.2) is 12.2 Å². The average molecular weight is 179 g/mol. The predicted octanol–water partition coefficient (Wildman–Crippen LogP) is 0.110. The number of carbonyl (C=O) groups is 1. The number of phenols is 1. The van der Waals surface area contributed by atoms with Crippen LogP contribution in [-0.2, 0) is 0 Å². The van der Waals surface area contributed by atoms with Crippen molar-refractivity contribution in [3.8, 4) is 5.75 Å². The van der Waals surface area contributed by atoms with Crippen molar-refractivity contribution in [3.05, 3.63) is 23.8 Å². The summed E-state index contributed by atoms with van der Waals surface area (Å²) in [5.74, 6) is -0.188. The Hall–Kier alpha value is -2.04. The number of nitrogens with zero attached hydrogens (tertiary/aromatic N) is 1. The number of phenolic OH excluding ortho intramolecular Hbond substituents is 1. The summed E-state index contributed by atoms with van der Waals surface area (Å²) in [5.41, 5.74) is 10.8. The first-order chi connectivity index (χ1) is 6.13. The zero-order valence-corrected chi connectivity index (χ0v) is 6.77. The number of benzene rings is 1. The second-order valence-corrected chi connectivity index (χ2v) is 2.40. The standard InChI is InChI=1S/C8H9N3O2/c9-8(10)11-6-1-2-7(13)5(3-6)4-12/h1-4,13H,(H4,9,10,11). The van der Waals surface area contributed by atoms with Crippen LogP contribution >= 0.6 is 0 Å². The Bertz CT molecular complexity index is 356. The summed E-state index contributed by atoms with van der Waals surface area (Å²) < 4.78 is 0. The third-order valence-electron chi connectivity index (χ3n) is 1.40. The highest BCUT2D eigenvalue weighted by Gasteiger charge is 2.00. The maximum atomic E-state index is 10.4. The topological polar surface area (TPSA) is 102 Å². The number of guanidine groups is 1. The monoisotopic (exact) mass is 179 g/mol. The number of aromatic hydroxyl groups is 1. The summed E-state index contributed by atoms with van der Waals surface area (Å²) in [6, 6.07) is 4.25. The van der Waals surface area contributed by atoms with E-state index in [0.717, 1.165) is 0 Å². The van der Waals surface area contributed by atoms with Crippen LogP contribution in [0.3, 0.4) is 0 Å². The number of hydrogen-bond acceptors (Lipinski definition) is 3. The van der Waals surface area contributed by atoms with E-state index in [2.05, 4.69) is 4.99 Å². The minimum atomic E-state index is -0.0949. The number of carbonyl (C=O) groups excluding carboxylic acids is 1. The van der Waals surface area contributed by atoms with Gasteiger partial charge in [-0.25, -0.2) is 4.99 Å². The second-order valence-electron chi connectivity index (χ2n) is 2.40. The summed E-state index contributed by atoms with van der Waals surface area (Å²) in [4.78, 5) is 14.1. The highest BCUT2D eigenvalue weighted by Crippen LogP contribution is 2.21. The van der Waals surface area contributed by atoms with Crippen LogP contribution < -0.4 is 11.5 Å². The summed E-state index contributed by atoms with van der Waals surface area (Å²) >= 11 is 0. The smallest absolute Gasteiger partial charge is 0.191 e. The van der Waals surface area contributed by atoms with Crippen LogP contribution in [0.1, 0.15) is 10.4 Å². The molecule has 13 heavy (non-hydrogen) atoms. The van der Waals surface area contributed by atoms with Crippen molar-refractivity contribution < 1.29 is 9.90 Å². The van der Waals surface area contributed by atoms with Gasteiger partial charge in [0.2, 0.25) is 0 Å². The van der Waals surface area contributed by atoms with Crippen molar-refractivity contribution >= 4 is 17.9 Å². The van der Waals surface area contributed by atoms with Gasteiger partial charge in [0, 0.05) is 0 Å². The third kappa shape index (κ3) is 2.19. The molecule has 0 bridgehead atoms. The highest BCUT2D eigenvalue weighted by molar-refractivity contribution is 5.83. The zero-order chi connectivity index (χ0) is 9.84. The molecule has 0 unspecified atom stereocenters. The molecule has 0 heterocycles. The molecule has 0 saturated heterocycles. The molecular weight excluding hydrogens is 170 g/mol. The first-order valence-electron chi connectivity index (χ1n) is 3.51. The van der Waals surface area contributed by atoms with E-state index >= 15 is 0 Å². The fraction of sp³-hybridized carbons (Fsp3) is 0. The Labute approximate surface area is 74.7 Å². The summed E-state index contributed by atoms with van der Waals surface area (Å²) in [7, 11) is 0. The van der Waals surface area contributed by atoms with Gasteiger partial charge >= 0.3 is 0 Å². The molecule has 0 amide bonds. The normalized spacial score (nSPS) is 9.23. The highest BCUT2D eigenvalue weighted by atomic mass is 16.3. The van der Waals surface area contributed by atoms with Crippen molar-refractivity contribution in [1.29, 1.82) is 0 Å². The van der Waals surface area contributed by atoms with Gasteiger partial charge in [-0.1, -0.05) is 0 Å². The molecule has 5 nitrogen and oxygen atoms in total. The van der Waals surface area contributed by atoms with Crippen LogP contribution in [0.4, 0.5) is 5.69 Å². The largest absolute Gasteiger partial charge is 0.507 e. The van der Waals surface area contributed by atoms with E-state index < -0.39 is 0 Å². The Balaban J connectivity index is 3.14. The second kappa shape index (κ2) is 3.57. The van der Waals surface area contributed by atoms with Crippen molar-refractivity contribution in [2.75, 3.05) is 0 Å². The van der Waals surface area contributed by atoms with E-state index in [1.807, 2.05) is 0 Å². The molecule has 0 aliphatic heterocycles. The van der Waals surface area contributed by atoms with E-state index in [4.69, 9.17) is 16.6 Å². The number of nitrogens with two attached hydrogens (primary N) is 2. The quantitative estimate of drug-likeness (QED) is 0.340. The summed E-state index contributed by atoms with van der Waals surface area (Å²) in [6.07, 6.45) is 0.529. The molecule has 0 saturated carbocycles.